The van der Waals surface area contributed by atoms with Gasteiger partial charge in [0.05, 0.1) is 29.0 Å². The van der Waals surface area contributed by atoms with E-state index in [0.29, 0.717) is 5.92 Å². The minimum atomic E-state index is -3.85. The van der Waals surface area contributed by atoms with Crippen LogP contribution in [0.2, 0.25) is 0 Å². The molecule has 1 fully saturated rings. The molecule has 2 heterocycles. The average molecular weight is 476 g/mol. The number of piperidine rings is 1. The van der Waals surface area contributed by atoms with Crippen molar-refractivity contribution in [3.8, 4) is 0 Å². The number of aliphatic carboxylic acids is 1. The number of pyridine rings is 1. The maximum absolute atomic E-state index is 12.5. The number of hydrogen-bond donors (Lipinski definition) is 5. The number of benzene rings is 1. The Balaban J connectivity index is 1.55. The summed E-state index contributed by atoms with van der Waals surface area (Å²) in [5, 5.41) is 16.5. The molecule has 0 aliphatic carbocycles. The number of carboxylic acids is 1. The predicted molar refractivity (Wildman–Crippen MR) is 119 cm³/mol. The molecule has 1 aliphatic heterocycles. The second kappa shape index (κ2) is 10.5. The molecule has 2 amide bonds. The van der Waals surface area contributed by atoms with Gasteiger partial charge in [-0.1, -0.05) is 19.1 Å². The summed E-state index contributed by atoms with van der Waals surface area (Å²) in [6.07, 6.45) is 4.48. The van der Waals surface area contributed by atoms with Crippen molar-refractivity contribution in [1.82, 2.24) is 20.3 Å². The maximum atomic E-state index is 12.5. The Morgan fingerprint density at radius 3 is 2.52 bits per heavy atom. The molecule has 1 saturated heterocycles. The van der Waals surface area contributed by atoms with Gasteiger partial charge >= 0.3 is 11.9 Å². The molecule has 11 nitrogen and oxygen atoms in total. The first-order chi connectivity index (χ1) is 15.7. The van der Waals surface area contributed by atoms with Crippen LogP contribution >= 0.6 is 0 Å². The van der Waals surface area contributed by atoms with Gasteiger partial charge in [0.1, 0.15) is 0 Å². The normalized spacial score (nSPS) is 18.3. The van der Waals surface area contributed by atoms with E-state index in [4.69, 9.17) is 5.11 Å². The quantitative estimate of drug-likeness (QED) is 0.290. The van der Waals surface area contributed by atoms with E-state index in [-0.39, 0.29) is 28.9 Å². The van der Waals surface area contributed by atoms with Crippen LogP contribution in [0.3, 0.4) is 0 Å². The highest BCUT2D eigenvalue weighted by Gasteiger charge is 2.20. The van der Waals surface area contributed by atoms with Gasteiger partial charge in [-0.15, -0.1) is 0 Å². The van der Waals surface area contributed by atoms with E-state index >= 15 is 0 Å². The highest BCUT2D eigenvalue weighted by molar-refractivity contribution is 7.89. The fraction of sp³-hybridized carbons (Fsp3) is 0.333. The molecule has 2 aromatic rings. The second-order valence-corrected chi connectivity index (χ2v) is 9.53. The number of aromatic nitrogens is 1. The van der Waals surface area contributed by atoms with Gasteiger partial charge in [0, 0.05) is 12.2 Å². The number of nitrogens with one attached hydrogen (secondary N) is 4. The number of sulfonamides is 1. The van der Waals surface area contributed by atoms with E-state index < -0.39 is 27.8 Å². The fourth-order valence-corrected chi connectivity index (χ4v) is 4.30. The van der Waals surface area contributed by atoms with Crippen molar-refractivity contribution < 1.29 is 27.9 Å². The number of nitrogens with zero attached hydrogens (tertiary/aromatic N) is 1. The van der Waals surface area contributed by atoms with Gasteiger partial charge in [-0.3, -0.25) is 14.6 Å². The van der Waals surface area contributed by atoms with E-state index in [9.17, 15) is 22.8 Å². The van der Waals surface area contributed by atoms with Crippen LogP contribution < -0.4 is 20.7 Å². The Bertz CT molecular complexity index is 1130. The molecule has 12 heteroatoms. The van der Waals surface area contributed by atoms with Gasteiger partial charge in [0.25, 0.3) is 5.91 Å². The number of carbonyl (C=O) groups excluding carboxylic acids is 2. The Morgan fingerprint density at radius 1 is 1.15 bits per heavy atom. The van der Waals surface area contributed by atoms with Gasteiger partial charge < -0.3 is 21.1 Å². The minimum absolute atomic E-state index is 0.0102. The third-order valence-corrected chi connectivity index (χ3v) is 6.63. The predicted octanol–water partition coefficient (Wildman–Crippen LogP) is 0.831. The van der Waals surface area contributed by atoms with Crippen molar-refractivity contribution in [2.75, 3.05) is 18.5 Å². The van der Waals surface area contributed by atoms with Crippen molar-refractivity contribution in [3.05, 3.63) is 53.9 Å². The summed E-state index contributed by atoms with van der Waals surface area (Å²) in [4.78, 5) is 37.9. The molecule has 1 aliphatic rings. The molecule has 0 saturated carbocycles. The standard InChI is InChI=1S/C21H25N5O6S/c1-13-2-7-18(23-9-13)14-3-5-17(6-4-14)33(31,32)25-12-24-19(27)15-8-16(11-22-10-15)26-20(28)21(29)30/h3-6,8,10-11,13,18,23,25H,2,7,9,12H2,1H3,(H,24,27)(H,26,28)(H,29,30)/t13-,18+/m0/s1. The van der Waals surface area contributed by atoms with Crippen LogP contribution in [0, 0.1) is 5.92 Å². The molecule has 33 heavy (non-hydrogen) atoms. The molecule has 2 atom stereocenters. The first-order valence-electron chi connectivity index (χ1n) is 10.3. The van der Waals surface area contributed by atoms with Crippen LogP contribution in [-0.4, -0.2) is 49.5 Å². The third kappa shape index (κ3) is 6.57. The van der Waals surface area contributed by atoms with Crippen molar-refractivity contribution in [2.24, 2.45) is 5.92 Å². The van der Waals surface area contributed by atoms with E-state index in [2.05, 4.69) is 32.6 Å². The number of carbonyl (C=O) groups is 3. The first kappa shape index (κ1) is 24.3. The molecule has 0 unspecified atom stereocenters. The monoisotopic (exact) mass is 475 g/mol. The Labute approximate surface area is 191 Å². The zero-order valence-electron chi connectivity index (χ0n) is 17.9. The number of amides is 2. The van der Waals surface area contributed by atoms with Gasteiger partial charge in [-0.05, 0) is 49.1 Å². The summed E-state index contributed by atoms with van der Waals surface area (Å²) in [6.45, 7) is 2.74. The van der Waals surface area contributed by atoms with Crippen LogP contribution in [0.15, 0.2) is 47.6 Å². The number of hydrogen-bond acceptors (Lipinski definition) is 7. The van der Waals surface area contributed by atoms with Gasteiger partial charge in [0.2, 0.25) is 10.0 Å². The van der Waals surface area contributed by atoms with Crippen LogP contribution in [-0.2, 0) is 19.6 Å². The number of carboxylic acid groups (broad SMARTS) is 1. The largest absolute Gasteiger partial charge is 0.474 e. The summed E-state index contributed by atoms with van der Waals surface area (Å²) in [7, 11) is -3.85. The molecule has 3 rings (SSSR count). The smallest absolute Gasteiger partial charge is 0.394 e. The van der Waals surface area contributed by atoms with E-state index in [1.54, 1.807) is 12.1 Å². The van der Waals surface area contributed by atoms with E-state index in [1.165, 1.54) is 30.6 Å². The molecule has 5 N–H and O–H groups in total. The maximum Gasteiger partial charge on any atom is 0.394 e. The summed E-state index contributed by atoms with van der Waals surface area (Å²) in [5.41, 5.74) is 1.05. The molecule has 176 valence electrons. The molecule has 0 bridgehead atoms. The average Bonchev–Trinajstić information content (AvgIpc) is 2.79. The van der Waals surface area contributed by atoms with Crippen LogP contribution in [0.1, 0.15) is 41.7 Å². The van der Waals surface area contributed by atoms with Crippen molar-refractivity contribution in [1.29, 1.82) is 0 Å². The van der Waals surface area contributed by atoms with Gasteiger partial charge in [-0.2, -0.15) is 4.72 Å². The zero-order valence-corrected chi connectivity index (χ0v) is 18.7. The minimum Gasteiger partial charge on any atom is -0.474 e. The molecular formula is C21H25N5O6S. The van der Waals surface area contributed by atoms with E-state index in [0.717, 1.165) is 24.9 Å². The van der Waals surface area contributed by atoms with Gasteiger partial charge in [0.15, 0.2) is 0 Å². The lowest BCUT2D eigenvalue weighted by atomic mass is 9.92. The summed E-state index contributed by atoms with van der Waals surface area (Å²) >= 11 is 0. The molecule has 0 radical (unpaired) electrons. The number of anilines is 1. The van der Waals surface area contributed by atoms with Crippen molar-refractivity contribution >= 4 is 33.5 Å². The first-order valence-corrected chi connectivity index (χ1v) is 11.7. The van der Waals surface area contributed by atoms with Crippen molar-refractivity contribution in [3.63, 3.8) is 0 Å². The van der Waals surface area contributed by atoms with E-state index in [1.807, 2.05) is 0 Å². The zero-order chi connectivity index (χ0) is 24.0. The molecular weight excluding hydrogens is 450 g/mol. The summed E-state index contributed by atoms with van der Waals surface area (Å²) in [6, 6.07) is 8.04. The van der Waals surface area contributed by atoms with Crippen molar-refractivity contribution in [2.45, 2.75) is 30.7 Å². The topological polar surface area (TPSA) is 167 Å². The molecule has 1 aromatic carbocycles. The van der Waals surface area contributed by atoms with Crippen LogP contribution in [0.4, 0.5) is 5.69 Å². The van der Waals surface area contributed by atoms with Crippen LogP contribution in [0.25, 0.3) is 0 Å². The van der Waals surface area contributed by atoms with Gasteiger partial charge in [-0.25, -0.2) is 13.2 Å². The lowest BCUT2D eigenvalue weighted by Gasteiger charge is -2.28. The Morgan fingerprint density at radius 2 is 1.88 bits per heavy atom. The Kier molecular flexibility index (Phi) is 7.74. The molecule has 0 spiro atoms. The number of rotatable bonds is 7. The highest BCUT2D eigenvalue weighted by Crippen LogP contribution is 2.26. The lowest BCUT2D eigenvalue weighted by Crippen LogP contribution is -2.37. The lowest BCUT2D eigenvalue weighted by molar-refractivity contribution is -0.147. The van der Waals surface area contributed by atoms with Crippen LogP contribution in [0.5, 0.6) is 0 Å². The second-order valence-electron chi connectivity index (χ2n) is 7.76. The SMILES string of the molecule is C[C@H]1CC[C@H](c2ccc(S(=O)(=O)NCNC(=O)c3cncc(NC(=O)C(=O)O)c3)cc2)NC1. The third-order valence-electron chi connectivity index (χ3n) is 5.22. The Hall–Kier alpha value is -3.35. The summed E-state index contributed by atoms with van der Waals surface area (Å²) < 4.78 is 27.4. The molecule has 1 aromatic heterocycles. The summed E-state index contributed by atoms with van der Waals surface area (Å²) in [5.74, 6) is -2.99. The highest BCUT2D eigenvalue weighted by atomic mass is 32.2. The fourth-order valence-electron chi connectivity index (χ4n) is 3.38.